The number of nitrogens with one attached hydrogen (secondary N) is 2. The fourth-order valence-corrected chi connectivity index (χ4v) is 2.43. The number of guanidine groups is 1. The van der Waals surface area contributed by atoms with Crippen LogP contribution < -0.4 is 10.6 Å². The molecule has 1 aromatic carbocycles. The number of hydrogen-bond acceptors (Lipinski definition) is 4. The number of ether oxygens (including phenoxy) is 1. The summed E-state index contributed by atoms with van der Waals surface area (Å²) in [6, 6.07) is 7.61. The summed E-state index contributed by atoms with van der Waals surface area (Å²) in [5, 5.41) is 6.49. The molecule has 0 aliphatic carbocycles. The fraction of sp³-hybridized carbons (Fsp3) is 0.571. The van der Waals surface area contributed by atoms with E-state index in [0.29, 0.717) is 37.8 Å². The molecule has 1 rings (SSSR count). The zero-order valence-electron chi connectivity index (χ0n) is 18.3. The monoisotopic (exact) mass is 405 g/mol. The summed E-state index contributed by atoms with van der Waals surface area (Å²) in [4.78, 5) is 31.4. The molecule has 0 saturated heterocycles. The first-order valence-electron chi connectivity index (χ1n) is 9.95. The van der Waals surface area contributed by atoms with Gasteiger partial charge in [-0.2, -0.15) is 0 Å². The molecule has 0 radical (unpaired) electrons. The average Bonchev–Trinajstić information content (AvgIpc) is 2.70. The Kier molecular flexibility index (Phi) is 11.4. The molecule has 0 aromatic heterocycles. The van der Waals surface area contributed by atoms with E-state index in [1.54, 1.807) is 33.1 Å². The second kappa shape index (κ2) is 13.5. The SMILES string of the molecule is CCOCCCNC(=NCC(=O)N(C)C)NCCc1cccc(C(=O)N(C)C)c1. The molecule has 8 nitrogen and oxygen atoms in total. The molecule has 8 heteroatoms. The maximum Gasteiger partial charge on any atom is 0.253 e. The average molecular weight is 406 g/mol. The molecule has 0 bridgehead atoms. The van der Waals surface area contributed by atoms with E-state index in [9.17, 15) is 9.59 Å². The molecule has 0 aliphatic heterocycles. The van der Waals surface area contributed by atoms with Crippen LogP contribution in [0, 0.1) is 0 Å². The van der Waals surface area contributed by atoms with Gasteiger partial charge in [-0.15, -0.1) is 0 Å². The van der Waals surface area contributed by atoms with E-state index in [-0.39, 0.29) is 18.4 Å². The van der Waals surface area contributed by atoms with E-state index in [1.165, 1.54) is 4.90 Å². The molecule has 0 fully saturated rings. The molecule has 0 spiro atoms. The minimum Gasteiger partial charge on any atom is -0.382 e. The smallest absolute Gasteiger partial charge is 0.253 e. The van der Waals surface area contributed by atoms with Crippen molar-refractivity contribution in [2.45, 2.75) is 19.8 Å². The topological polar surface area (TPSA) is 86.3 Å². The number of likely N-dealkylation sites (N-methyl/N-ethyl adjacent to an activating group) is 1. The maximum atomic E-state index is 12.1. The van der Waals surface area contributed by atoms with Crippen molar-refractivity contribution in [3.63, 3.8) is 0 Å². The first kappa shape index (κ1) is 24.4. The van der Waals surface area contributed by atoms with Crippen LogP contribution in [-0.4, -0.2) is 88.6 Å². The number of nitrogens with zero attached hydrogens (tertiary/aromatic N) is 3. The van der Waals surface area contributed by atoms with Gasteiger partial charge in [-0.3, -0.25) is 9.59 Å². The lowest BCUT2D eigenvalue weighted by atomic mass is 10.1. The molecular formula is C21H35N5O3. The number of benzene rings is 1. The van der Waals surface area contributed by atoms with Crippen LogP contribution in [0.15, 0.2) is 29.3 Å². The van der Waals surface area contributed by atoms with Gasteiger partial charge >= 0.3 is 0 Å². The molecule has 0 unspecified atom stereocenters. The van der Waals surface area contributed by atoms with Crippen LogP contribution in [-0.2, 0) is 16.0 Å². The Bertz CT molecular complexity index is 674. The van der Waals surface area contributed by atoms with E-state index in [2.05, 4.69) is 15.6 Å². The highest BCUT2D eigenvalue weighted by atomic mass is 16.5. The molecule has 2 N–H and O–H groups in total. The number of amides is 2. The summed E-state index contributed by atoms with van der Waals surface area (Å²) in [6.07, 6.45) is 1.58. The third-order valence-corrected chi connectivity index (χ3v) is 4.12. The molecule has 0 saturated carbocycles. The van der Waals surface area contributed by atoms with Crippen molar-refractivity contribution in [1.82, 2.24) is 20.4 Å². The third-order valence-electron chi connectivity index (χ3n) is 4.12. The van der Waals surface area contributed by atoms with Crippen LogP contribution in [0.25, 0.3) is 0 Å². The van der Waals surface area contributed by atoms with Gasteiger partial charge in [-0.25, -0.2) is 4.99 Å². The van der Waals surface area contributed by atoms with Crippen molar-refractivity contribution < 1.29 is 14.3 Å². The number of hydrogen-bond donors (Lipinski definition) is 2. The van der Waals surface area contributed by atoms with Crippen LogP contribution in [0.2, 0.25) is 0 Å². The van der Waals surface area contributed by atoms with Gasteiger partial charge in [0.15, 0.2) is 5.96 Å². The lowest BCUT2D eigenvalue weighted by molar-refractivity contribution is -0.127. The van der Waals surface area contributed by atoms with E-state index in [4.69, 9.17) is 4.74 Å². The quantitative estimate of drug-likeness (QED) is 0.326. The molecule has 0 atom stereocenters. The summed E-state index contributed by atoms with van der Waals surface area (Å²) in [7, 11) is 6.90. The Labute approximate surface area is 174 Å². The van der Waals surface area contributed by atoms with Crippen LogP contribution in [0.1, 0.15) is 29.3 Å². The van der Waals surface area contributed by atoms with Gasteiger partial charge in [0, 0.05) is 60.1 Å². The van der Waals surface area contributed by atoms with Gasteiger partial charge in [-0.05, 0) is 37.5 Å². The van der Waals surface area contributed by atoms with Crippen molar-refractivity contribution in [2.24, 2.45) is 4.99 Å². The van der Waals surface area contributed by atoms with Crippen molar-refractivity contribution in [2.75, 3.05) is 61.0 Å². The summed E-state index contributed by atoms with van der Waals surface area (Å²) < 4.78 is 5.34. The Morgan fingerprint density at radius 3 is 2.45 bits per heavy atom. The summed E-state index contributed by atoms with van der Waals surface area (Å²) in [6.45, 7) is 4.77. The van der Waals surface area contributed by atoms with Gasteiger partial charge in [0.05, 0.1) is 0 Å². The molecule has 0 heterocycles. The first-order valence-corrected chi connectivity index (χ1v) is 9.95. The predicted molar refractivity (Wildman–Crippen MR) is 116 cm³/mol. The van der Waals surface area contributed by atoms with Gasteiger partial charge in [0.2, 0.25) is 5.91 Å². The lowest BCUT2D eigenvalue weighted by Crippen LogP contribution is -2.40. The molecule has 2 amide bonds. The van der Waals surface area contributed by atoms with Crippen molar-refractivity contribution in [3.05, 3.63) is 35.4 Å². The van der Waals surface area contributed by atoms with Crippen LogP contribution in [0.3, 0.4) is 0 Å². The largest absolute Gasteiger partial charge is 0.382 e. The van der Waals surface area contributed by atoms with Crippen LogP contribution in [0.4, 0.5) is 0 Å². The van der Waals surface area contributed by atoms with E-state index in [0.717, 1.165) is 18.4 Å². The molecule has 162 valence electrons. The van der Waals surface area contributed by atoms with Gasteiger partial charge in [0.25, 0.3) is 5.91 Å². The molecule has 0 aliphatic rings. The fourth-order valence-electron chi connectivity index (χ4n) is 2.43. The van der Waals surface area contributed by atoms with E-state index >= 15 is 0 Å². The highest BCUT2D eigenvalue weighted by Crippen LogP contribution is 2.07. The first-order chi connectivity index (χ1) is 13.8. The number of aliphatic imine (C=N–C) groups is 1. The standard InChI is InChI=1S/C21H35N5O3/c1-6-29-14-8-12-22-21(24-16-19(27)25(2)3)23-13-11-17-9-7-10-18(15-17)20(28)26(4)5/h7,9-10,15H,6,8,11-14,16H2,1-5H3,(H2,22,23,24). The Hall–Kier alpha value is -2.61. The maximum absolute atomic E-state index is 12.1. The third kappa shape index (κ3) is 9.94. The minimum absolute atomic E-state index is 0.0137. The second-order valence-corrected chi connectivity index (χ2v) is 7.01. The summed E-state index contributed by atoms with van der Waals surface area (Å²) >= 11 is 0. The number of carbonyl (C=O) groups excluding carboxylic acids is 2. The predicted octanol–water partition coefficient (Wildman–Crippen LogP) is 0.981. The zero-order chi connectivity index (χ0) is 21.6. The Morgan fingerprint density at radius 1 is 1.07 bits per heavy atom. The zero-order valence-corrected chi connectivity index (χ0v) is 18.3. The molecular weight excluding hydrogens is 370 g/mol. The Morgan fingerprint density at radius 2 is 1.79 bits per heavy atom. The highest BCUT2D eigenvalue weighted by molar-refractivity contribution is 5.94. The van der Waals surface area contributed by atoms with E-state index < -0.39 is 0 Å². The molecule has 1 aromatic rings. The van der Waals surface area contributed by atoms with Crippen LogP contribution in [0.5, 0.6) is 0 Å². The van der Waals surface area contributed by atoms with Gasteiger partial charge in [0.1, 0.15) is 6.54 Å². The van der Waals surface area contributed by atoms with Crippen LogP contribution >= 0.6 is 0 Å². The van der Waals surface area contributed by atoms with E-state index in [1.807, 2.05) is 31.2 Å². The minimum atomic E-state index is -0.0599. The summed E-state index contributed by atoms with van der Waals surface area (Å²) in [5.74, 6) is 0.521. The van der Waals surface area contributed by atoms with Crippen molar-refractivity contribution >= 4 is 17.8 Å². The van der Waals surface area contributed by atoms with Gasteiger partial charge in [-0.1, -0.05) is 12.1 Å². The summed E-state index contributed by atoms with van der Waals surface area (Å²) in [5.41, 5.74) is 1.73. The lowest BCUT2D eigenvalue weighted by Gasteiger charge is -2.14. The molecule has 29 heavy (non-hydrogen) atoms. The second-order valence-electron chi connectivity index (χ2n) is 7.01. The van der Waals surface area contributed by atoms with Gasteiger partial charge < -0.3 is 25.2 Å². The van der Waals surface area contributed by atoms with Crippen molar-refractivity contribution in [3.8, 4) is 0 Å². The number of rotatable bonds is 11. The highest BCUT2D eigenvalue weighted by Gasteiger charge is 2.08. The normalized spacial score (nSPS) is 11.1. The van der Waals surface area contributed by atoms with Crippen molar-refractivity contribution in [1.29, 1.82) is 0 Å². The Balaban J connectivity index is 2.61. The number of carbonyl (C=O) groups is 2.